The summed E-state index contributed by atoms with van der Waals surface area (Å²) in [6.45, 7) is 3.88. The Morgan fingerprint density at radius 3 is 2.74 bits per heavy atom. The maximum atomic E-state index is 6.11. The van der Waals surface area contributed by atoms with E-state index in [9.17, 15) is 0 Å². The molecule has 3 aromatic rings. The summed E-state index contributed by atoms with van der Waals surface area (Å²) in [5.41, 5.74) is 1.74. The molecule has 0 unspecified atom stereocenters. The van der Waals surface area contributed by atoms with Crippen LogP contribution in [-0.4, -0.2) is 63.2 Å². The Kier molecular flexibility index (Phi) is 4.59. The fourth-order valence-corrected chi connectivity index (χ4v) is 4.59. The zero-order chi connectivity index (χ0) is 18.2. The molecule has 4 heterocycles. The van der Waals surface area contributed by atoms with Crippen molar-refractivity contribution < 1.29 is 4.74 Å². The lowest BCUT2D eigenvalue weighted by Crippen LogP contribution is -2.46. The van der Waals surface area contributed by atoms with Gasteiger partial charge in [-0.1, -0.05) is 11.6 Å². The zero-order valence-corrected chi connectivity index (χ0v) is 15.9. The third-order valence-electron chi connectivity index (χ3n) is 5.84. The van der Waals surface area contributed by atoms with E-state index in [0.717, 1.165) is 66.9 Å². The fourth-order valence-electron chi connectivity index (χ4n) is 4.43. The van der Waals surface area contributed by atoms with E-state index < -0.39 is 0 Å². The van der Waals surface area contributed by atoms with E-state index in [1.54, 1.807) is 12.5 Å². The Labute approximate surface area is 162 Å². The van der Waals surface area contributed by atoms with Crippen LogP contribution in [0.1, 0.15) is 25.7 Å². The first-order valence-corrected chi connectivity index (χ1v) is 10.0. The summed E-state index contributed by atoms with van der Waals surface area (Å²) in [5, 5.41) is 6.15. The van der Waals surface area contributed by atoms with Crippen molar-refractivity contribution in [3.05, 3.63) is 23.7 Å². The van der Waals surface area contributed by atoms with Crippen LogP contribution in [0.4, 0.5) is 5.82 Å². The number of halogens is 1. The number of fused-ring (bicyclic) bond motifs is 3. The van der Waals surface area contributed by atoms with Crippen LogP contribution in [-0.2, 0) is 4.74 Å². The molecule has 0 spiro atoms. The van der Waals surface area contributed by atoms with E-state index in [1.165, 1.54) is 12.8 Å². The van der Waals surface area contributed by atoms with Gasteiger partial charge >= 0.3 is 0 Å². The number of anilines is 1. The lowest BCUT2D eigenvalue weighted by molar-refractivity contribution is 0.00791. The van der Waals surface area contributed by atoms with Gasteiger partial charge in [0, 0.05) is 30.6 Å². The standard InChI is InChI=1S/C19H23ClN6O/c20-16-9-14-15(10-21-16)25-19-17(14)18(22-11-23-19)24-12-1-3-13(4-2-12)26-5-7-27-8-6-26/h9-13H,1-8H2,(H2,22,23,24,25)/t12-,13-. The number of aromatic amines is 1. The molecule has 0 aromatic carbocycles. The highest BCUT2D eigenvalue weighted by Crippen LogP contribution is 2.32. The van der Waals surface area contributed by atoms with Gasteiger partial charge in [0.2, 0.25) is 0 Å². The van der Waals surface area contributed by atoms with Gasteiger partial charge in [0.05, 0.1) is 30.3 Å². The Bertz CT molecular complexity index is 946. The molecule has 7 nitrogen and oxygen atoms in total. The topological polar surface area (TPSA) is 79.0 Å². The van der Waals surface area contributed by atoms with E-state index in [4.69, 9.17) is 16.3 Å². The number of H-pyrrole nitrogens is 1. The van der Waals surface area contributed by atoms with Crippen LogP contribution in [0.5, 0.6) is 0 Å². The van der Waals surface area contributed by atoms with Gasteiger partial charge in [-0.05, 0) is 31.7 Å². The number of nitrogens with one attached hydrogen (secondary N) is 2. The minimum atomic E-state index is 0.433. The Hall–Kier alpha value is -1.96. The van der Waals surface area contributed by atoms with Crippen LogP contribution in [0.25, 0.3) is 21.9 Å². The second-order valence-electron chi connectivity index (χ2n) is 7.42. The Balaban J connectivity index is 1.34. The van der Waals surface area contributed by atoms with Crippen molar-refractivity contribution in [3.8, 4) is 0 Å². The third kappa shape index (κ3) is 3.35. The molecule has 2 aliphatic rings. The summed E-state index contributed by atoms with van der Waals surface area (Å²) >= 11 is 6.11. The van der Waals surface area contributed by atoms with Gasteiger partial charge in [0.25, 0.3) is 0 Å². The van der Waals surface area contributed by atoms with E-state index >= 15 is 0 Å². The van der Waals surface area contributed by atoms with Crippen LogP contribution >= 0.6 is 11.6 Å². The maximum Gasteiger partial charge on any atom is 0.143 e. The molecule has 0 amide bonds. The van der Waals surface area contributed by atoms with Crippen LogP contribution in [0.3, 0.4) is 0 Å². The molecule has 0 atom stereocenters. The van der Waals surface area contributed by atoms with Crippen molar-refractivity contribution in [2.75, 3.05) is 31.6 Å². The molecule has 8 heteroatoms. The number of hydrogen-bond donors (Lipinski definition) is 2. The van der Waals surface area contributed by atoms with Crippen LogP contribution < -0.4 is 5.32 Å². The van der Waals surface area contributed by atoms with Crippen molar-refractivity contribution in [1.82, 2.24) is 24.8 Å². The zero-order valence-electron chi connectivity index (χ0n) is 15.1. The van der Waals surface area contributed by atoms with Crippen LogP contribution in [0.2, 0.25) is 5.15 Å². The summed E-state index contributed by atoms with van der Waals surface area (Å²) < 4.78 is 5.48. The number of pyridine rings is 1. The van der Waals surface area contributed by atoms with Crippen LogP contribution in [0, 0.1) is 0 Å². The summed E-state index contributed by atoms with van der Waals surface area (Å²) in [6.07, 6.45) is 8.09. The minimum absolute atomic E-state index is 0.433. The van der Waals surface area contributed by atoms with Gasteiger partial charge in [-0.2, -0.15) is 0 Å². The molecule has 1 saturated heterocycles. The summed E-state index contributed by atoms with van der Waals surface area (Å²) in [4.78, 5) is 19.0. The average molecular weight is 387 g/mol. The quantitative estimate of drug-likeness (QED) is 0.673. The molecule has 1 aliphatic carbocycles. The molecule has 27 heavy (non-hydrogen) atoms. The average Bonchev–Trinajstić information content (AvgIpc) is 3.08. The van der Waals surface area contributed by atoms with E-state index in [2.05, 4.69) is 30.2 Å². The first-order chi connectivity index (χ1) is 13.3. The number of hydrogen-bond acceptors (Lipinski definition) is 6. The Morgan fingerprint density at radius 1 is 1.11 bits per heavy atom. The first-order valence-electron chi connectivity index (χ1n) is 9.64. The van der Waals surface area contributed by atoms with Gasteiger partial charge in [-0.15, -0.1) is 0 Å². The molecule has 2 fully saturated rings. The number of rotatable bonds is 3. The van der Waals surface area contributed by atoms with Gasteiger partial charge in [0.1, 0.15) is 22.9 Å². The van der Waals surface area contributed by atoms with Crippen molar-refractivity contribution >= 4 is 39.4 Å². The Morgan fingerprint density at radius 2 is 1.93 bits per heavy atom. The summed E-state index contributed by atoms with van der Waals surface area (Å²) in [5.74, 6) is 0.878. The monoisotopic (exact) mass is 386 g/mol. The molecule has 5 rings (SSSR count). The highest BCUT2D eigenvalue weighted by Gasteiger charge is 2.27. The number of nitrogens with zero attached hydrogens (tertiary/aromatic N) is 4. The van der Waals surface area contributed by atoms with Crippen molar-refractivity contribution in [2.45, 2.75) is 37.8 Å². The molecule has 3 aromatic heterocycles. The van der Waals surface area contributed by atoms with Gasteiger partial charge in [-0.25, -0.2) is 15.0 Å². The van der Waals surface area contributed by atoms with E-state index in [0.29, 0.717) is 17.2 Å². The van der Waals surface area contributed by atoms with Crippen LogP contribution in [0.15, 0.2) is 18.6 Å². The number of aromatic nitrogens is 4. The van der Waals surface area contributed by atoms with Gasteiger partial charge in [0.15, 0.2) is 0 Å². The van der Waals surface area contributed by atoms with E-state index in [-0.39, 0.29) is 0 Å². The molecule has 1 aliphatic heterocycles. The molecular weight excluding hydrogens is 364 g/mol. The van der Waals surface area contributed by atoms with Crippen molar-refractivity contribution in [1.29, 1.82) is 0 Å². The normalized spacial score (nSPS) is 24.5. The SMILES string of the molecule is Clc1cc2c(cn1)[nH]c1ncnc(N[C@H]3CC[C@H](N4CCOCC4)CC3)c12. The number of morpholine rings is 1. The van der Waals surface area contributed by atoms with Gasteiger partial charge < -0.3 is 15.0 Å². The lowest BCUT2D eigenvalue weighted by Gasteiger charge is -2.39. The fraction of sp³-hybridized carbons (Fsp3) is 0.526. The maximum absolute atomic E-state index is 6.11. The van der Waals surface area contributed by atoms with Gasteiger partial charge in [-0.3, -0.25) is 4.90 Å². The second kappa shape index (κ2) is 7.22. The first kappa shape index (κ1) is 17.2. The van der Waals surface area contributed by atoms with Crippen molar-refractivity contribution in [3.63, 3.8) is 0 Å². The smallest absolute Gasteiger partial charge is 0.143 e. The van der Waals surface area contributed by atoms with E-state index in [1.807, 2.05) is 6.07 Å². The third-order valence-corrected chi connectivity index (χ3v) is 6.05. The molecule has 0 radical (unpaired) electrons. The molecule has 2 N–H and O–H groups in total. The predicted molar refractivity (Wildman–Crippen MR) is 106 cm³/mol. The highest BCUT2D eigenvalue weighted by molar-refractivity contribution is 6.30. The second-order valence-corrected chi connectivity index (χ2v) is 7.81. The summed E-state index contributed by atoms with van der Waals surface area (Å²) in [7, 11) is 0. The summed E-state index contributed by atoms with van der Waals surface area (Å²) in [6, 6.07) is 3.00. The predicted octanol–water partition coefficient (Wildman–Crippen LogP) is 3.21. The largest absolute Gasteiger partial charge is 0.379 e. The van der Waals surface area contributed by atoms with Crippen molar-refractivity contribution in [2.24, 2.45) is 0 Å². The lowest BCUT2D eigenvalue weighted by atomic mass is 9.90. The number of ether oxygens (including phenoxy) is 1. The highest BCUT2D eigenvalue weighted by atomic mass is 35.5. The molecule has 142 valence electrons. The molecule has 0 bridgehead atoms. The molecular formula is C19H23ClN6O. The molecule has 1 saturated carbocycles. The minimum Gasteiger partial charge on any atom is -0.379 e.